The molecule has 0 amide bonds. The van der Waals surface area contributed by atoms with Crippen molar-refractivity contribution in [2.75, 3.05) is 47.4 Å². The molecule has 1 fully saturated rings. The largest absolute Gasteiger partial charge is 0.368 e. The fraction of sp³-hybridized carbons (Fsp3) is 0.304. The number of aryl methyl sites for hydroxylation is 1. The maximum absolute atomic E-state index is 4.57. The smallest absolute Gasteiger partial charge is 0.138 e. The average Bonchev–Trinajstić information content (AvgIpc) is 3.18. The molecule has 2 aliphatic heterocycles. The van der Waals surface area contributed by atoms with Gasteiger partial charge in [0.25, 0.3) is 0 Å². The quantitative estimate of drug-likeness (QED) is 0.700. The third kappa shape index (κ3) is 3.17. The molecular formula is C23H25N5. The summed E-state index contributed by atoms with van der Waals surface area (Å²) in [7, 11) is 0. The minimum Gasteiger partial charge on any atom is -0.368 e. The summed E-state index contributed by atoms with van der Waals surface area (Å²) in [6, 6.07) is 19.5. The molecule has 2 aromatic carbocycles. The molecule has 0 bridgehead atoms. The number of para-hydroxylation sites is 1. The maximum Gasteiger partial charge on any atom is 0.138 e. The van der Waals surface area contributed by atoms with E-state index in [0.717, 1.165) is 50.8 Å². The first-order valence-corrected chi connectivity index (χ1v) is 10.0. The summed E-state index contributed by atoms with van der Waals surface area (Å²) in [5.41, 5.74) is 5.30. The number of benzene rings is 2. The first-order chi connectivity index (χ1) is 13.8. The Hall–Kier alpha value is -3.08. The van der Waals surface area contributed by atoms with E-state index in [9.17, 15) is 0 Å². The summed E-state index contributed by atoms with van der Waals surface area (Å²) < 4.78 is 0. The summed E-state index contributed by atoms with van der Waals surface area (Å²) in [6.07, 6.45) is 2.78. The predicted octanol–water partition coefficient (Wildman–Crippen LogP) is 3.81. The summed E-state index contributed by atoms with van der Waals surface area (Å²) in [4.78, 5) is 16.3. The Balaban J connectivity index is 1.31. The van der Waals surface area contributed by atoms with Crippen molar-refractivity contribution in [2.45, 2.75) is 13.3 Å². The van der Waals surface area contributed by atoms with Gasteiger partial charge in [0.1, 0.15) is 18.0 Å². The van der Waals surface area contributed by atoms with Gasteiger partial charge in [0, 0.05) is 50.2 Å². The lowest BCUT2D eigenvalue weighted by Crippen LogP contribution is -2.46. The first kappa shape index (κ1) is 17.0. The van der Waals surface area contributed by atoms with Crippen molar-refractivity contribution in [1.29, 1.82) is 0 Å². The van der Waals surface area contributed by atoms with E-state index in [-0.39, 0.29) is 0 Å². The van der Waals surface area contributed by atoms with E-state index in [2.05, 4.69) is 86.2 Å². The number of aromatic nitrogens is 2. The Morgan fingerprint density at radius 3 is 2.39 bits per heavy atom. The van der Waals surface area contributed by atoms with Crippen LogP contribution in [0.25, 0.3) is 0 Å². The molecule has 1 saturated heterocycles. The average molecular weight is 371 g/mol. The lowest BCUT2D eigenvalue weighted by atomic mass is 10.2. The summed E-state index contributed by atoms with van der Waals surface area (Å²) in [5, 5.41) is 0. The molecule has 28 heavy (non-hydrogen) atoms. The number of rotatable bonds is 3. The Bertz CT molecular complexity index is 978. The van der Waals surface area contributed by atoms with E-state index >= 15 is 0 Å². The van der Waals surface area contributed by atoms with Gasteiger partial charge >= 0.3 is 0 Å². The Morgan fingerprint density at radius 2 is 1.54 bits per heavy atom. The number of nitrogens with zero attached hydrogens (tertiary/aromatic N) is 5. The van der Waals surface area contributed by atoms with Gasteiger partial charge in [-0.2, -0.15) is 0 Å². The molecule has 0 saturated carbocycles. The molecule has 0 atom stereocenters. The minimum absolute atomic E-state index is 0.973. The van der Waals surface area contributed by atoms with Gasteiger partial charge in [0.15, 0.2) is 0 Å². The summed E-state index contributed by atoms with van der Waals surface area (Å²) in [6.45, 7) is 7.10. The summed E-state index contributed by atoms with van der Waals surface area (Å²) >= 11 is 0. The van der Waals surface area contributed by atoms with Crippen LogP contribution in [0, 0.1) is 6.92 Å². The van der Waals surface area contributed by atoms with Gasteiger partial charge in [-0.3, -0.25) is 0 Å². The van der Waals surface area contributed by atoms with Crippen LogP contribution in [0.1, 0.15) is 11.1 Å². The van der Waals surface area contributed by atoms with Crippen LogP contribution >= 0.6 is 0 Å². The number of hydrogen-bond donors (Lipinski definition) is 0. The van der Waals surface area contributed by atoms with Crippen LogP contribution in [0.15, 0.2) is 60.9 Å². The Kier molecular flexibility index (Phi) is 4.35. The van der Waals surface area contributed by atoms with Crippen LogP contribution in [-0.2, 0) is 6.42 Å². The normalized spacial score (nSPS) is 16.4. The van der Waals surface area contributed by atoms with Gasteiger partial charge in [0.05, 0.1) is 0 Å². The molecule has 142 valence electrons. The van der Waals surface area contributed by atoms with E-state index in [1.54, 1.807) is 6.33 Å². The van der Waals surface area contributed by atoms with Crippen LogP contribution in [-0.4, -0.2) is 42.7 Å². The maximum atomic E-state index is 4.57. The number of fused-ring (bicyclic) bond motifs is 1. The van der Waals surface area contributed by atoms with Crippen molar-refractivity contribution in [3.8, 4) is 0 Å². The molecule has 0 unspecified atom stereocenters. The van der Waals surface area contributed by atoms with E-state index in [1.165, 1.54) is 22.5 Å². The minimum atomic E-state index is 0.973. The zero-order valence-corrected chi connectivity index (χ0v) is 16.3. The van der Waals surface area contributed by atoms with Crippen molar-refractivity contribution < 1.29 is 0 Å². The van der Waals surface area contributed by atoms with Crippen LogP contribution in [0.4, 0.5) is 23.0 Å². The van der Waals surface area contributed by atoms with Gasteiger partial charge in [-0.25, -0.2) is 9.97 Å². The number of piperazine rings is 1. The van der Waals surface area contributed by atoms with Crippen molar-refractivity contribution in [3.05, 3.63) is 72.1 Å². The number of anilines is 4. The topological polar surface area (TPSA) is 35.5 Å². The van der Waals surface area contributed by atoms with Crippen molar-refractivity contribution in [1.82, 2.24) is 9.97 Å². The van der Waals surface area contributed by atoms with E-state index in [1.807, 2.05) is 0 Å². The van der Waals surface area contributed by atoms with Gasteiger partial charge in [-0.15, -0.1) is 0 Å². The molecule has 3 aromatic rings. The highest BCUT2D eigenvalue weighted by atomic mass is 15.3. The highest BCUT2D eigenvalue weighted by molar-refractivity contribution is 5.69. The standard InChI is InChI=1S/C23H25N5/c1-18-5-4-7-20(15-18)26-11-13-27(14-12-26)22-16-23(25-17-24-22)28-10-9-19-6-2-3-8-21(19)28/h2-8,15-17H,9-14H2,1H3. The van der Waals surface area contributed by atoms with E-state index in [4.69, 9.17) is 0 Å². The Morgan fingerprint density at radius 1 is 0.750 bits per heavy atom. The molecule has 5 heteroatoms. The van der Waals surface area contributed by atoms with Crippen LogP contribution < -0.4 is 14.7 Å². The van der Waals surface area contributed by atoms with E-state index in [0.29, 0.717) is 0 Å². The van der Waals surface area contributed by atoms with Gasteiger partial charge in [-0.1, -0.05) is 30.3 Å². The second kappa shape index (κ2) is 7.15. The molecule has 5 nitrogen and oxygen atoms in total. The van der Waals surface area contributed by atoms with Gasteiger partial charge in [0.2, 0.25) is 0 Å². The molecule has 3 heterocycles. The number of hydrogen-bond acceptors (Lipinski definition) is 5. The first-order valence-electron chi connectivity index (χ1n) is 10.0. The zero-order valence-electron chi connectivity index (χ0n) is 16.3. The lowest BCUT2D eigenvalue weighted by molar-refractivity contribution is 0.646. The second-order valence-electron chi connectivity index (χ2n) is 7.58. The second-order valence-corrected chi connectivity index (χ2v) is 7.58. The van der Waals surface area contributed by atoms with Gasteiger partial charge < -0.3 is 14.7 Å². The van der Waals surface area contributed by atoms with Crippen LogP contribution in [0.5, 0.6) is 0 Å². The van der Waals surface area contributed by atoms with Crippen LogP contribution in [0.2, 0.25) is 0 Å². The zero-order chi connectivity index (χ0) is 18.9. The molecule has 0 aliphatic carbocycles. The van der Waals surface area contributed by atoms with Crippen molar-refractivity contribution >= 4 is 23.0 Å². The monoisotopic (exact) mass is 371 g/mol. The molecule has 0 N–H and O–H groups in total. The van der Waals surface area contributed by atoms with E-state index < -0.39 is 0 Å². The predicted molar refractivity (Wildman–Crippen MR) is 115 cm³/mol. The third-order valence-electron chi connectivity index (χ3n) is 5.77. The van der Waals surface area contributed by atoms with Crippen LogP contribution in [0.3, 0.4) is 0 Å². The van der Waals surface area contributed by atoms with Gasteiger partial charge in [-0.05, 0) is 42.7 Å². The summed E-state index contributed by atoms with van der Waals surface area (Å²) in [5.74, 6) is 2.02. The lowest BCUT2D eigenvalue weighted by Gasteiger charge is -2.37. The van der Waals surface area contributed by atoms with Crippen molar-refractivity contribution in [2.24, 2.45) is 0 Å². The Labute approximate surface area is 166 Å². The van der Waals surface area contributed by atoms with Crippen molar-refractivity contribution in [3.63, 3.8) is 0 Å². The molecule has 5 rings (SSSR count). The highest BCUT2D eigenvalue weighted by Crippen LogP contribution is 2.34. The third-order valence-corrected chi connectivity index (χ3v) is 5.77. The fourth-order valence-corrected chi connectivity index (χ4v) is 4.25. The molecule has 0 radical (unpaired) electrons. The molecule has 0 spiro atoms. The highest BCUT2D eigenvalue weighted by Gasteiger charge is 2.23. The molecule has 1 aromatic heterocycles. The SMILES string of the molecule is Cc1cccc(N2CCN(c3cc(N4CCc5ccccc54)ncn3)CC2)c1. The molecule has 2 aliphatic rings. The fourth-order valence-electron chi connectivity index (χ4n) is 4.25. The molecular weight excluding hydrogens is 346 g/mol.